The highest BCUT2D eigenvalue weighted by molar-refractivity contribution is 5.95. The van der Waals surface area contributed by atoms with Gasteiger partial charge in [-0.25, -0.2) is 0 Å². The maximum absolute atomic E-state index is 12.5. The number of allylic oxidation sites excluding steroid dienone is 5. The lowest BCUT2D eigenvalue weighted by Crippen LogP contribution is -2.51. The fourth-order valence-corrected chi connectivity index (χ4v) is 3.91. The molecular formula is C35H59N3O5. The average Bonchev–Trinajstić information content (AvgIpc) is 3.91. The quantitative estimate of drug-likeness (QED) is 0.231. The van der Waals surface area contributed by atoms with Gasteiger partial charge in [0.15, 0.2) is 5.78 Å². The van der Waals surface area contributed by atoms with E-state index in [2.05, 4.69) is 41.2 Å². The number of ether oxygens (including phenoxy) is 1. The molecule has 0 bridgehead atoms. The molecule has 8 heteroatoms. The summed E-state index contributed by atoms with van der Waals surface area (Å²) in [6.07, 6.45) is 9.52. The Hall–Kier alpha value is -3.07. The van der Waals surface area contributed by atoms with Gasteiger partial charge in [0.05, 0.1) is 25.2 Å². The Kier molecular flexibility index (Phi) is 26.0. The zero-order valence-electron chi connectivity index (χ0n) is 28.2. The zero-order valence-corrected chi connectivity index (χ0v) is 28.2. The van der Waals surface area contributed by atoms with E-state index in [0.29, 0.717) is 13.0 Å². The molecule has 0 aliphatic carbocycles. The van der Waals surface area contributed by atoms with Gasteiger partial charge in [0.2, 0.25) is 11.8 Å². The number of carbonyl (C=O) groups is 3. The third-order valence-electron chi connectivity index (χ3n) is 6.44. The number of aliphatic hydroxyl groups excluding tert-OH is 1. The van der Waals surface area contributed by atoms with Gasteiger partial charge in [0, 0.05) is 7.11 Å². The largest absolute Gasteiger partial charge is 0.400 e. The first-order valence-electron chi connectivity index (χ1n) is 15.6. The van der Waals surface area contributed by atoms with Crippen LogP contribution in [0.3, 0.4) is 0 Å². The molecule has 2 aliphatic rings. The summed E-state index contributed by atoms with van der Waals surface area (Å²) in [7, 11) is 1.00. The van der Waals surface area contributed by atoms with Crippen LogP contribution < -0.4 is 10.6 Å². The molecule has 244 valence electrons. The predicted molar refractivity (Wildman–Crippen MR) is 179 cm³/mol. The van der Waals surface area contributed by atoms with Crippen LogP contribution in [0.4, 0.5) is 0 Å². The highest BCUT2D eigenvalue weighted by atomic mass is 16.6. The SMILES string of the molecule is C=C(C)/C=C\C(C)=C/C.CC.CC.CC(C(=O)NCC(=O)NC(Cc1ccccc1)C(=O)C1CO1)N1CCCCC1.CO. The normalized spacial score (nSPS) is 17.0. The van der Waals surface area contributed by atoms with Gasteiger partial charge in [-0.2, -0.15) is 0 Å². The second-order valence-corrected chi connectivity index (χ2v) is 9.74. The second kappa shape index (κ2) is 26.5. The Morgan fingerprint density at radius 2 is 1.58 bits per heavy atom. The minimum absolute atomic E-state index is 0.120. The van der Waals surface area contributed by atoms with E-state index in [1.165, 1.54) is 12.0 Å². The molecule has 8 nitrogen and oxygen atoms in total. The van der Waals surface area contributed by atoms with Crippen LogP contribution in [0.25, 0.3) is 0 Å². The number of nitrogens with zero attached hydrogens (tertiary/aromatic N) is 1. The van der Waals surface area contributed by atoms with Crippen molar-refractivity contribution >= 4 is 17.6 Å². The number of carbonyl (C=O) groups excluding carboxylic acids is 3. The van der Waals surface area contributed by atoms with Crippen LogP contribution in [0.15, 0.2) is 66.3 Å². The minimum atomic E-state index is -0.654. The van der Waals surface area contributed by atoms with Crippen molar-refractivity contribution in [2.75, 3.05) is 33.4 Å². The van der Waals surface area contributed by atoms with Crippen LogP contribution in [-0.4, -0.2) is 79.1 Å². The van der Waals surface area contributed by atoms with Crippen molar-refractivity contribution in [1.82, 2.24) is 15.5 Å². The number of amides is 2. The molecule has 0 saturated carbocycles. The van der Waals surface area contributed by atoms with E-state index >= 15 is 0 Å². The van der Waals surface area contributed by atoms with Gasteiger partial charge < -0.3 is 20.5 Å². The molecule has 3 unspecified atom stereocenters. The van der Waals surface area contributed by atoms with Gasteiger partial charge in [0.25, 0.3) is 0 Å². The van der Waals surface area contributed by atoms with Crippen molar-refractivity contribution in [2.45, 2.75) is 99.3 Å². The van der Waals surface area contributed by atoms with Crippen molar-refractivity contribution in [3.8, 4) is 0 Å². The van der Waals surface area contributed by atoms with Crippen LogP contribution in [0.5, 0.6) is 0 Å². The molecule has 1 aromatic rings. The number of benzene rings is 1. The number of ketones is 1. The Labute approximate surface area is 261 Å². The maximum Gasteiger partial charge on any atom is 0.239 e. The van der Waals surface area contributed by atoms with E-state index in [0.717, 1.165) is 44.2 Å². The number of piperidine rings is 1. The highest BCUT2D eigenvalue weighted by Gasteiger charge is 2.37. The van der Waals surface area contributed by atoms with Crippen molar-refractivity contribution in [1.29, 1.82) is 0 Å². The maximum atomic E-state index is 12.5. The lowest BCUT2D eigenvalue weighted by molar-refractivity contribution is -0.131. The molecule has 0 radical (unpaired) electrons. The fourth-order valence-electron chi connectivity index (χ4n) is 3.91. The number of epoxide rings is 1. The summed E-state index contributed by atoms with van der Waals surface area (Å²) in [5, 5.41) is 12.5. The van der Waals surface area contributed by atoms with Crippen LogP contribution in [0.2, 0.25) is 0 Å². The first-order chi connectivity index (χ1) is 20.7. The second-order valence-electron chi connectivity index (χ2n) is 9.74. The van der Waals surface area contributed by atoms with Crippen LogP contribution >= 0.6 is 0 Å². The molecule has 3 rings (SSSR count). The summed E-state index contributed by atoms with van der Waals surface area (Å²) in [5.41, 5.74) is 3.33. The number of hydrogen-bond acceptors (Lipinski definition) is 6. The number of nitrogens with one attached hydrogen (secondary N) is 2. The molecule has 2 amide bonds. The molecule has 2 saturated heterocycles. The molecule has 0 spiro atoms. The van der Waals surface area contributed by atoms with E-state index in [-0.39, 0.29) is 30.2 Å². The first-order valence-corrected chi connectivity index (χ1v) is 15.6. The molecule has 3 N–H and O–H groups in total. The Morgan fingerprint density at radius 3 is 2.07 bits per heavy atom. The highest BCUT2D eigenvalue weighted by Crippen LogP contribution is 2.15. The third kappa shape index (κ3) is 19.7. The van der Waals surface area contributed by atoms with Gasteiger partial charge in [-0.15, -0.1) is 0 Å². The van der Waals surface area contributed by atoms with Crippen LogP contribution in [-0.2, 0) is 25.5 Å². The first kappa shape index (κ1) is 42.1. The summed E-state index contributed by atoms with van der Waals surface area (Å²) in [6, 6.07) is 8.63. The van der Waals surface area contributed by atoms with E-state index in [1.54, 1.807) is 0 Å². The number of rotatable bonds is 11. The number of hydrogen-bond donors (Lipinski definition) is 3. The van der Waals surface area contributed by atoms with Crippen LogP contribution in [0, 0.1) is 0 Å². The molecular weight excluding hydrogens is 542 g/mol. The standard InChI is InChI=1S/C21H29N3O4.C9H14.2C2H6.CH4O/c1-15(24-10-6-3-7-11-24)21(27)22-13-19(25)23-17(20(26)18-14-28-18)12-16-8-4-2-5-9-16;1-5-9(4)7-6-8(2)3;3*1-2/h2,4-5,8-9,15,17-18H,3,6-7,10-14H2,1H3,(H,22,27)(H,23,25);5-7H,2H2,1,3-4H3;2*1-2H3;2H,1H3/b;7-6-,9-5-;;;. The number of likely N-dealkylation sites (tertiary alicyclic amines) is 1. The van der Waals surface area contributed by atoms with Crippen LogP contribution in [0.1, 0.15) is 80.2 Å². The smallest absolute Gasteiger partial charge is 0.239 e. The number of Topliss-reactive ketones (excluding diaryl/α,β-unsaturated/α-hetero) is 1. The number of aliphatic hydroxyl groups is 1. The fraction of sp³-hybridized carbons (Fsp3) is 0.571. The van der Waals surface area contributed by atoms with E-state index in [9.17, 15) is 14.4 Å². The molecule has 2 heterocycles. The van der Waals surface area contributed by atoms with Crippen molar-refractivity contribution in [3.05, 3.63) is 71.8 Å². The van der Waals surface area contributed by atoms with Gasteiger partial charge in [0.1, 0.15) is 6.10 Å². The Bertz CT molecular complexity index is 965. The van der Waals surface area contributed by atoms with Crippen molar-refractivity contribution in [3.63, 3.8) is 0 Å². The monoisotopic (exact) mass is 601 g/mol. The third-order valence-corrected chi connectivity index (χ3v) is 6.44. The summed E-state index contributed by atoms with van der Waals surface area (Å²) in [5.74, 6) is -0.646. The van der Waals surface area contributed by atoms with Gasteiger partial charge >= 0.3 is 0 Å². The summed E-state index contributed by atoms with van der Waals surface area (Å²) in [4.78, 5) is 39.3. The molecule has 43 heavy (non-hydrogen) atoms. The van der Waals surface area contributed by atoms with E-state index in [1.807, 2.05) is 84.9 Å². The topological polar surface area (TPSA) is 111 Å². The molecule has 3 atom stereocenters. The molecule has 2 aliphatic heterocycles. The van der Waals surface area contributed by atoms with Gasteiger partial charge in [-0.1, -0.05) is 100 Å². The van der Waals surface area contributed by atoms with Gasteiger partial charge in [-0.05, 0) is 65.6 Å². The molecule has 1 aromatic carbocycles. The lowest BCUT2D eigenvalue weighted by Gasteiger charge is -2.31. The van der Waals surface area contributed by atoms with Crippen molar-refractivity contribution in [2.24, 2.45) is 0 Å². The summed E-state index contributed by atoms with van der Waals surface area (Å²) < 4.78 is 5.09. The zero-order chi connectivity index (χ0) is 33.2. The Balaban J connectivity index is 0. The molecule has 0 aromatic heterocycles. The lowest BCUT2D eigenvalue weighted by atomic mass is 10.0. The average molecular weight is 602 g/mol. The van der Waals surface area contributed by atoms with Crippen molar-refractivity contribution < 1.29 is 24.2 Å². The summed E-state index contributed by atoms with van der Waals surface area (Å²) >= 11 is 0. The van der Waals surface area contributed by atoms with E-state index in [4.69, 9.17) is 9.84 Å². The molecule has 2 fully saturated rings. The minimum Gasteiger partial charge on any atom is -0.400 e. The van der Waals surface area contributed by atoms with Gasteiger partial charge in [-0.3, -0.25) is 19.3 Å². The van der Waals surface area contributed by atoms with E-state index < -0.39 is 12.1 Å². The summed E-state index contributed by atoms with van der Waals surface area (Å²) in [6.45, 7) is 21.8. The predicted octanol–water partition coefficient (Wildman–Crippen LogP) is 5.42. The Morgan fingerprint density at radius 1 is 1.02 bits per heavy atom.